The van der Waals surface area contributed by atoms with Crippen LogP contribution < -0.4 is 5.82 Å². The minimum Gasteiger partial charge on any atom is -0.481 e. The topological polar surface area (TPSA) is 154 Å². The van der Waals surface area contributed by atoms with Gasteiger partial charge in [-0.1, -0.05) is 33.3 Å². The standard InChI is InChI=1S/C40H57NO10/c1-10-48-30(43)21-41(9)29-12-13-37(5)28(40(29,8)33(46)49-22-27-23(2)50-34(47)51-27)11-14-39(7)31(37)26(42)19-24-25-20-36(4,32(44)45)16-15-35(25,3)17-18-38(24,39)6/h19,25,28-29,31H,10-18,20-22H2,1-9H3,(H,44,45)/t25-,28+,29-,31+,35+,36-,37-,38+,39+,40-/m0/s1. The lowest BCUT2D eigenvalue weighted by Crippen LogP contribution is -2.69. The molecule has 1 aromatic rings. The molecule has 1 heterocycles. The molecule has 5 aliphatic carbocycles. The Hall–Kier alpha value is -3.21. The highest BCUT2D eigenvalue weighted by molar-refractivity contribution is 5.96. The number of allylic oxidation sites excluding steroid dienone is 2. The molecule has 0 aliphatic heterocycles. The molecule has 282 valence electrons. The van der Waals surface area contributed by atoms with Crippen LogP contribution in [0.15, 0.2) is 25.3 Å². The Bertz CT molecular complexity index is 1710. The van der Waals surface area contributed by atoms with Crippen molar-refractivity contribution in [2.45, 2.75) is 126 Å². The summed E-state index contributed by atoms with van der Waals surface area (Å²) in [7, 11) is 1.83. The molecule has 51 heavy (non-hydrogen) atoms. The van der Waals surface area contributed by atoms with E-state index in [1.165, 1.54) is 0 Å². The number of carboxylic acid groups (broad SMARTS) is 1. The van der Waals surface area contributed by atoms with E-state index in [4.69, 9.17) is 18.3 Å². The molecule has 5 aliphatic rings. The van der Waals surface area contributed by atoms with E-state index in [2.05, 4.69) is 27.7 Å². The number of carbonyl (C=O) groups is 4. The lowest BCUT2D eigenvalue weighted by Gasteiger charge is -2.70. The lowest BCUT2D eigenvalue weighted by molar-refractivity contribution is -0.211. The Kier molecular flexibility index (Phi) is 9.16. The Morgan fingerprint density at radius 3 is 2.25 bits per heavy atom. The molecule has 1 aromatic heterocycles. The number of hydrogen-bond acceptors (Lipinski definition) is 10. The van der Waals surface area contributed by atoms with Crippen LogP contribution in [-0.2, 0) is 35.3 Å². The zero-order valence-corrected chi connectivity index (χ0v) is 31.9. The molecule has 0 radical (unpaired) electrons. The zero-order valence-electron chi connectivity index (χ0n) is 31.9. The van der Waals surface area contributed by atoms with Crippen LogP contribution in [0.5, 0.6) is 0 Å². The number of carboxylic acids is 1. The molecule has 0 spiro atoms. The largest absolute Gasteiger partial charge is 0.519 e. The Morgan fingerprint density at radius 2 is 1.63 bits per heavy atom. The maximum atomic E-state index is 14.9. The maximum Gasteiger partial charge on any atom is 0.519 e. The number of rotatable bonds is 8. The van der Waals surface area contributed by atoms with Gasteiger partial charge in [0.1, 0.15) is 0 Å². The van der Waals surface area contributed by atoms with Crippen LogP contribution in [0.4, 0.5) is 0 Å². The first-order valence-corrected chi connectivity index (χ1v) is 18.8. The highest BCUT2D eigenvalue weighted by Crippen LogP contribution is 2.75. The Balaban J connectivity index is 1.40. The minimum absolute atomic E-state index is 0.000185. The van der Waals surface area contributed by atoms with E-state index in [-0.39, 0.29) is 77.7 Å². The van der Waals surface area contributed by atoms with Gasteiger partial charge in [-0.25, -0.2) is 4.79 Å². The first-order chi connectivity index (χ1) is 23.7. The molecule has 6 rings (SSSR count). The average molecular weight is 712 g/mol. The van der Waals surface area contributed by atoms with Crippen molar-refractivity contribution in [3.05, 3.63) is 33.8 Å². The van der Waals surface area contributed by atoms with Gasteiger partial charge in [-0.2, -0.15) is 0 Å². The van der Waals surface area contributed by atoms with Crippen molar-refractivity contribution in [2.24, 2.45) is 50.2 Å². The summed E-state index contributed by atoms with van der Waals surface area (Å²) in [6.07, 6.45) is 8.42. The van der Waals surface area contributed by atoms with Gasteiger partial charge in [-0.3, -0.25) is 24.1 Å². The summed E-state index contributed by atoms with van der Waals surface area (Å²) in [5.41, 5.74) is -2.18. The van der Waals surface area contributed by atoms with Crippen molar-refractivity contribution in [3.63, 3.8) is 0 Å². The van der Waals surface area contributed by atoms with E-state index < -0.39 is 39.4 Å². The number of carbonyl (C=O) groups excluding carboxylic acids is 3. The van der Waals surface area contributed by atoms with E-state index >= 15 is 0 Å². The Labute approximate surface area is 300 Å². The smallest absolute Gasteiger partial charge is 0.481 e. The van der Waals surface area contributed by atoms with Gasteiger partial charge in [-0.05, 0) is 132 Å². The van der Waals surface area contributed by atoms with Gasteiger partial charge < -0.3 is 23.4 Å². The summed E-state index contributed by atoms with van der Waals surface area (Å²) in [6, 6.07) is -0.388. The molecule has 0 unspecified atom stereocenters. The van der Waals surface area contributed by atoms with Crippen molar-refractivity contribution >= 4 is 23.7 Å². The monoisotopic (exact) mass is 711 g/mol. The van der Waals surface area contributed by atoms with E-state index in [1.54, 1.807) is 13.8 Å². The van der Waals surface area contributed by atoms with Crippen LogP contribution in [0, 0.1) is 57.2 Å². The van der Waals surface area contributed by atoms with Gasteiger partial charge in [0.05, 0.1) is 24.0 Å². The molecule has 4 fully saturated rings. The highest BCUT2D eigenvalue weighted by Gasteiger charge is 2.72. The fourth-order valence-corrected chi connectivity index (χ4v) is 12.3. The van der Waals surface area contributed by atoms with Crippen LogP contribution in [0.3, 0.4) is 0 Å². The number of aryl methyl sites for hydroxylation is 1. The van der Waals surface area contributed by atoms with E-state index in [9.17, 15) is 29.1 Å². The third kappa shape index (κ3) is 5.49. The van der Waals surface area contributed by atoms with Crippen molar-refractivity contribution in [1.29, 1.82) is 0 Å². The highest BCUT2D eigenvalue weighted by atomic mass is 16.6. The number of fused-ring (bicyclic) bond motifs is 7. The normalized spacial score (nSPS) is 41.8. The third-order valence-corrected chi connectivity index (χ3v) is 15.6. The van der Waals surface area contributed by atoms with E-state index in [0.717, 1.165) is 24.8 Å². The molecule has 10 atom stereocenters. The number of likely N-dealkylation sites (N-methyl/N-ethyl adjacent to an activating group) is 1. The summed E-state index contributed by atoms with van der Waals surface area (Å²) in [4.78, 5) is 68.3. The average Bonchev–Trinajstić information content (AvgIpc) is 3.37. The first-order valence-electron chi connectivity index (χ1n) is 18.8. The van der Waals surface area contributed by atoms with Crippen molar-refractivity contribution < 1.29 is 42.6 Å². The second kappa shape index (κ2) is 12.4. The molecule has 0 aromatic carbocycles. The third-order valence-electron chi connectivity index (χ3n) is 15.6. The van der Waals surface area contributed by atoms with Gasteiger partial charge in [0.25, 0.3) is 0 Å². The molecule has 0 bridgehead atoms. The molecule has 1 N–H and O–H groups in total. The van der Waals surface area contributed by atoms with Crippen LogP contribution in [0.25, 0.3) is 0 Å². The molecule has 4 saturated carbocycles. The summed E-state index contributed by atoms with van der Waals surface area (Å²) < 4.78 is 21.4. The quantitative estimate of drug-likeness (QED) is 0.294. The first kappa shape index (κ1) is 37.5. The van der Waals surface area contributed by atoms with Crippen molar-refractivity contribution in [2.75, 3.05) is 20.2 Å². The van der Waals surface area contributed by atoms with Crippen molar-refractivity contribution in [1.82, 2.24) is 4.90 Å². The second-order valence-electron chi connectivity index (χ2n) is 18.1. The summed E-state index contributed by atoms with van der Waals surface area (Å²) in [5.74, 6) is -2.65. The fourth-order valence-electron chi connectivity index (χ4n) is 12.3. The summed E-state index contributed by atoms with van der Waals surface area (Å²) in [6.45, 7) is 16.2. The Morgan fingerprint density at radius 1 is 0.941 bits per heavy atom. The molecule has 11 nitrogen and oxygen atoms in total. The fraction of sp³-hybridized carbons (Fsp3) is 0.775. The van der Waals surface area contributed by atoms with Gasteiger partial charge >= 0.3 is 23.7 Å². The van der Waals surface area contributed by atoms with E-state index in [1.807, 2.05) is 31.9 Å². The van der Waals surface area contributed by atoms with Gasteiger partial charge in [-0.15, -0.1) is 0 Å². The van der Waals surface area contributed by atoms with E-state index in [0.29, 0.717) is 38.5 Å². The molecule has 0 saturated heterocycles. The van der Waals surface area contributed by atoms with Gasteiger partial charge in [0.2, 0.25) is 0 Å². The van der Waals surface area contributed by atoms with Gasteiger partial charge in [0.15, 0.2) is 23.9 Å². The summed E-state index contributed by atoms with van der Waals surface area (Å²) >= 11 is 0. The van der Waals surface area contributed by atoms with Crippen molar-refractivity contribution in [3.8, 4) is 0 Å². The molecule has 0 amide bonds. The van der Waals surface area contributed by atoms with Crippen LogP contribution in [0.1, 0.15) is 118 Å². The molecular formula is C40H57NO10. The maximum absolute atomic E-state index is 14.9. The van der Waals surface area contributed by atoms with Gasteiger partial charge in [0, 0.05) is 12.0 Å². The number of ether oxygens (including phenoxy) is 2. The number of aliphatic carboxylic acids is 1. The minimum atomic E-state index is -1.13. The lowest BCUT2D eigenvalue weighted by atomic mass is 9.33. The van der Waals surface area contributed by atoms with Crippen LogP contribution >= 0.6 is 0 Å². The number of ketones is 1. The number of hydrogen-bond donors (Lipinski definition) is 1. The van der Waals surface area contributed by atoms with Crippen LogP contribution in [0.2, 0.25) is 0 Å². The predicted molar refractivity (Wildman–Crippen MR) is 186 cm³/mol. The molecular weight excluding hydrogens is 654 g/mol. The predicted octanol–water partition coefficient (Wildman–Crippen LogP) is 6.49. The molecule has 11 heteroatoms. The summed E-state index contributed by atoms with van der Waals surface area (Å²) in [5, 5.41) is 10.3. The van der Waals surface area contributed by atoms with Crippen LogP contribution in [-0.4, -0.2) is 59.9 Å². The second-order valence-corrected chi connectivity index (χ2v) is 18.1. The number of esters is 2. The number of nitrogens with zero attached hydrogens (tertiary/aromatic N) is 1. The zero-order chi connectivity index (χ0) is 37.5. The SMILES string of the molecule is CCOC(=O)CN(C)[C@H]1CC[C@@]2(C)[C@@H](CC[C@]3(C)[C@@H]2C(=O)C=C2[C@@H]4C[C@@](C)(C(=O)O)CC[C@]4(C)CC[C@]23C)[C@]1(C)C(=O)OCc1oc(=O)oc1C.